The molecule has 27 heavy (non-hydrogen) atoms. The van der Waals surface area contributed by atoms with E-state index < -0.39 is 11.3 Å². The van der Waals surface area contributed by atoms with Crippen LogP contribution < -0.4 is 10.6 Å². The van der Waals surface area contributed by atoms with Crippen LogP contribution >= 0.6 is 0 Å². The zero-order chi connectivity index (χ0) is 19.0. The summed E-state index contributed by atoms with van der Waals surface area (Å²) in [4.78, 5) is 44.6. The molecule has 7 heteroatoms. The number of likely N-dealkylation sites (tertiary alicyclic amines) is 1. The first-order chi connectivity index (χ1) is 13.0. The van der Waals surface area contributed by atoms with E-state index in [-0.39, 0.29) is 24.8 Å². The lowest BCUT2D eigenvalue weighted by Gasteiger charge is -2.24. The number of primary amides is 1. The molecule has 138 valence electrons. The first-order valence-electron chi connectivity index (χ1n) is 8.88. The average molecular weight is 364 g/mol. The van der Waals surface area contributed by atoms with Crippen LogP contribution in [0.3, 0.4) is 0 Å². The fourth-order valence-corrected chi connectivity index (χ4v) is 4.12. The van der Waals surface area contributed by atoms with Crippen molar-refractivity contribution >= 4 is 23.4 Å². The minimum absolute atomic E-state index is 0.0292. The Labute approximate surface area is 156 Å². The van der Waals surface area contributed by atoms with E-state index in [0.29, 0.717) is 25.2 Å². The largest absolute Gasteiger partial charge is 0.368 e. The highest BCUT2D eigenvalue weighted by Gasteiger charge is 2.55. The number of benzene rings is 1. The Morgan fingerprint density at radius 1 is 1.19 bits per heavy atom. The highest BCUT2D eigenvalue weighted by molar-refractivity contribution is 6.11. The zero-order valence-electron chi connectivity index (χ0n) is 14.8. The maximum atomic E-state index is 13.2. The van der Waals surface area contributed by atoms with Crippen molar-refractivity contribution in [3.05, 3.63) is 59.9 Å². The van der Waals surface area contributed by atoms with Gasteiger partial charge in [-0.3, -0.25) is 19.4 Å². The number of carbonyl (C=O) groups excluding carboxylic acids is 3. The monoisotopic (exact) mass is 364 g/mol. The highest BCUT2D eigenvalue weighted by Crippen LogP contribution is 2.47. The summed E-state index contributed by atoms with van der Waals surface area (Å²) < 4.78 is 0. The van der Waals surface area contributed by atoms with Gasteiger partial charge in [0.05, 0.1) is 11.8 Å². The number of amides is 3. The number of nitrogens with zero attached hydrogens (tertiary/aromatic N) is 3. The van der Waals surface area contributed by atoms with Crippen molar-refractivity contribution in [2.45, 2.75) is 18.3 Å². The van der Waals surface area contributed by atoms with Crippen LogP contribution in [0, 0.1) is 0 Å². The lowest BCUT2D eigenvalue weighted by Crippen LogP contribution is -2.45. The van der Waals surface area contributed by atoms with Crippen molar-refractivity contribution in [3.8, 4) is 0 Å². The molecule has 2 aliphatic heterocycles. The normalized spacial score (nSPS) is 21.0. The number of carbonyl (C=O) groups is 3. The summed E-state index contributed by atoms with van der Waals surface area (Å²) in [6.07, 6.45) is 4.14. The smallest absolute Gasteiger partial charge is 0.240 e. The molecule has 1 fully saturated rings. The Balaban J connectivity index is 1.60. The van der Waals surface area contributed by atoms with Crippen LogP contribution in [-0.4, -0.2) is 47.2 Å². The molecule has 1 spiro atoms. The van der Waals surface area contributed by atoms with E-state index in [2.05, 4.69) is 4.98 Å². The van der Waals surface area contributed by atoms with Crippen LogP contribution in [0.2, 0.25) is 0 Å². The fraction of sp³-hybridized carbons (Fsp3) is 0.300. The first-order valence-corrected chi connectivity index (χ1v) is 8.88. The number of anilines is 1. The number of hydrogen-bond donors (Lipinski definition) is 1. The number of hydrogen-bond acceptors (Lipinski definition) is 4. The Morgan fingerprint density at radius 3 is 2.74 bits per heavy atom. The van der Waals surface area contributed by atoms with Crippen LogP contribution in [0.5, 0.6) is 0 Å². The third kappa shape index (κ3) is 2.85. The van der Waals surface area contributed by atoms with Gasteiger partial charge in [-0.05, 0) is 29.7 Å². The van der Waals surface area contributed by atoms with Crippen LogP contribution in [0.1, 0.15) is 17.5 Å². The molecule has 0 unspecified atom stereocenters. The lowest BCUT2D eigenvalue weighted by atomic mass is 9.81. The molecule has 1 saturated heterocycles. The van der Waals surface area contributed by atoms with Gasteiger partial charge >= 0.3 is 0 Å². The quantitative estimate of drug-likeness (QED) is 0.860. The third-order valence-electron chi connectivity index (χ3n) is 5.38. The summed E-state index contributed by atoms with van der Waals surface area (Å²) in [6.45, 7) is 0.669. The lowest BCUT2D eigenvalue weighted by molar-refractivity contribution is -0.130. The molecule has 7 nitrogen and oxygen atoms in total. The molecule has 2 N–H and O–H groups in total. The summed E-state index contributed by atoms with van der Waals surface area (Å²) >= 11 is 0. The maximum Gasteiger partial charge on any atom is 0.240 e. The molecule has 0 radical (unpaired) electrons. The van der Waals surface area contributed by atoms with Gasteiger partial charge in [-0.15, -0.1) is 0 Å². The number of fused-ring (bicyclic) bond motifs is 2. The van der Waals surface area contributed by atoms with Gasteiger partial charge in [0, 0.05) is 31.2 Å². The number of aromatic nitrogens is 1. The van der Waals surface area contributed by atoms with E-state index in [0.717, 1.165) is 11.1 Å². The molecule has 1 aromatic carbocycles. The molecule has 0 saturated carbocycles. The van der Waals surface area contributed by atoms with Crippen LogP contribution in [0.4, 0.5) is 5.69 Å². The number of para-hydroxylation sites is 1. The van der Waals surface area contributed by atoms with E-state index in [1.807, 2.05) is 30.3 Å². The summed E-state index contributed by atoms with van der Waals surface area (Å²) in [5.41, 5.74) is 6.97. The van der Waals surface area contributed by atoms with Crippen molar-refractivity contribution in [1.82, 2.24) is 9.88 Å². The van der Waals surface area contributed by atoms with Crippen molar-refractivity contribution in [3.63, 3.8) is 0 Å². The molecular weight excluding hydrogens is 344 g/mol. The molecule has 1 aromatic heterocycles. The topological polar surface area (TPSA) is 96.6 Å². The molecule has 4 rings (SSSR count). The van der Waals surface area contributed by atoms with Gasteiger partial charge in [0.15, 0.2) is 0 Å². The van der Waals surface area contributed by atoms with E-state index >= 15 is 0 Å². The first kappa shape index (κ1) is 17.2. The van der Waals surface area contributed by atoms with Gasteiger partial charge in [-0.25, -0.2) is 0 Å². The van der Waals surface area contributed by atoms with Crippen molar-refractivity contribution < 1.29 is 14.4 Å². The summed E-state index contributed by atoms with van der Waals surface area (Å²) in [7, 11) is 0. The molecule has 3 heterocycles. The minimum Gasteiger partial charge on any atom is -0.368 e. The Kier molecular flexibility index (Phi) is 4.14. The molecular formula is C20H20N4O3. The van der Waals surface area contributed by atoms with Gasteiger partial charge in [-0.1, -0.05) is 24.3 Å². The third-order valence-corrected chi connectivity index (χ3v) is 5.38. The fourth-order valence-electron chi connectivity index (χ4n) is 4.12. The zero-order valence-corrected chi connectivity index (χ0v) is 14.8. The van der Waals surface area contributed by atoms with Gasteiger partial charge < -0.3 is 15.5 Å². The Hall–Kier alpha value is -3.22. The highest BCUT2D eigenvalue weighted by atomic mass is 16.2. The molecule has 2 aliphatic rings. The van der Waals surface area contributed by atoms with Crippen LogP contribution in [0.25, 0.3) is 0 Å². The van der Waals surface area contributed by atoms with Crippen molar-refractivity contribution in [2.24, 2.45) is 5.73 Å². The van der Waals surface area contributed by atoms with E-state index in [1.165, 1.54) is 4.90 Å². The molecule has 2 aromatic rings. The summed E-state index contributed by atoms with van der Waals surface area (Å²) in [6, 6.07) is 11.1. The molecule has 0 bridgehead atoms. The molecule has 1 atom stereocenters. The van der Waals surface area contributed by atoms with E-state index in [4.69, 9.17) is 5.73 Å². The van der Waals surface area contributed by atoms with Gasteiger partial charge in [-0.2, -0.15) is 0 Å². The maximum absolute atomic E-state index is 13.2. The summed E-state index contributed by atoms with van der Waals surface area (Å²) in [5.74, 6) is -0.740. The molecule has 3 amide bonds. The number of rotatable bonds is 4. The predicted octanol–water partition coefficient (Wildman–Crippen LogP) is 0.626. The van der Waals surface area contributed by atoms with E-state index in [9.17, 15) is 14.4 Å². The van der Waals surface area contributed by atoms with Crippen molar-refractivity contribution in [1.29, 1.82) is 0 Å². The second kappa shape index (κ2) is 6.50. The standard InChI is InChI=1S/C20H20N4O3/c21-17(25)12-24-16-6-2-1-5-15(16)20(19(24)27)7-9-23(13-20)18(26)10-14-4-3-8-22-11-14/h1-6,8,11H,7,9-10,12-13H2,(H2,21,25)/t20-/m0/s1. The van der Waals surface area contributed by atoms with Gasteiger partial charge in [0.2, 0.25) is 17.7 Å². The summed E-state index contributed by atoms with van der Waals surface area (Å²) in [5, 5.41) is 0. The number of pyridine rings is 1. The molecule has 0 aliphatic carbocycles. The number of nitrogens with two attached hydrogens (primary N) is 1. The van der Waals surface area contributed by atoms with Crippen molar-refractivity contribution in [2.75, 3.05) is 24.5 Å². The van der Waals surface area contributed by atoms with E-state index in [1.54, 1.807) is 23.4 Å². The average Bonchev–Trinajstić information content (AvgIpc) is 3.20. The second-order valence-corrected chi connectivity index (χ2v) is 7.06. The van der Waals surface area contributed by atoms with Crippen LogP contribution in [-0.2, 0) is 26.2 Å². The second-order valence-electron chi connectivity index (χ2n) is 7.06. The van der Waals surface area contributed by atoms with Crippen LogP contribution in [0.15, 0.2) is 48.8 Å². The Bertz CT molecular complexity index is 914. The SMILES string of the molecule is NC(=O)CN1C(=O)[C@]2(CCN(C(=O)Cc3cccnc3)C2)c2ccccc21. The Morgan fingerprint density at radius 2 is 2.00 bits per heavy atom. The van der Waals surface area contributed by atoms with Gasteiger partial charge in [0.1, 0.15) is 6.54 Å². The minimum atomic E-state index is -0.795. The predicted molar refractivity (Wildman–Crippen MR) is 98.8 cm³/mol. The van der Waals surface area contributed by atoms with Gasteiger partial charge in [0.25, 0.3) is 0 Å².